The van der Waals surface area contributed by atoms with Gasteiger partial charge >= 0.3 is 0 Å². The highest BCUT2D eigenvalue weighted by Gasteiger charge is 2.35. The molecule has 0 unspecified atom stereocenters. The topological polar surface area (TPSA) is 49.4 Å². The molecular weight excluding hydrogens is 224 g/mol. The van der Waals surface area contributed by atoms with Crippen LogP contribution in [0.1, 0.15) is 33.1 Å². The van der Waals surface area contributed by atoms with Gasteiger partial charge in [-0.15, -0.1) is 0 Å². The molecule has 0 aromatic rings. The highest BCUT2D eigenvalue weighted by molar-refractivity contribution is 7.89. The smallest absolute Gasteiger partial charge is 0.214 e. The van der Waals surface area contributed by atoms with Crippen LogP contribution >= 0.6 is 0 Å². The Bertz CT molecular complexity index is 312. The average Bonchev–Trinajstić information content (AvgIpc) is 2.54. The summed E-state index contributed by atoms with van der Waals surface area (Å²) >= 11 is 0. The SMILES string of the molecule is CNCCCCS(=O)(=O)N1CCC(C)(C)C1. The normalized spacial score (nSPS) is 21.4. The molecular formula is C11H24N2O2S. The van der Waals surface area contributed by atoms with E-state index in [0.717, 1.165) is 25.8 Å². The first-order valence-corrected chi connectivity index (χ1v) is 7.61. The Morgan fingerprint density at radius 1 is 1.31 bits per heavy atom. The van der Waals surface area contributed by atoms with E-state index in [1.54, 1.807) is 4.31 Å². The Morgan fingerprint density at radius 3 is 2.50 bits per heavy atom. The third kappa shape index (κ3) is 4.03. The van der Waals surface area contributed by atoms with Gasteiger partial charge in [0.1, 0.15) is 0 Å². The van der Waals surface area contributed by atoms with E-state index in [1.165, 1.54) is 0 Å². The zero-order valence-corrected chi connectivity index (χ0v) is 11.4. The van der Waals surface area contributed by atoms with E-state index in [0.29, 0.717) is 18.8 Å². The minimum absolute atomic E-state index is 0.151. The van der Waals surface area contributed by atoms with E-state index in [4.69, 9.17) is 0 Å². The molecule has 1 aliphatic rings. The molecule has 0 amide bonds. The maximum atomic E-state index is 12.0. The van der Waals surface area contributed by atoms with Gasteiger partial charge in [0, 0.05) is 13.1 Å². The van der Waals surface area contributed by atoms with Crippen LogP contribution in [0.4, 0.5) is 0 Å². The van der Waals surface area contributed by atoms with Crippen LogP contribution in [-0.2, 0) is 10.0 Å². The molecule has 1 rings (SSSR count). The fourth-order valence-electron chi connectivity index (χ4n) is 2.02. The second kappa shape index (κ2) is 5.47. The minimum atomic E-state index is -3.01. The lowest BCUT2D eigenvalue weighted by Crippen LogP contribution is -2.32. The van der Waals surface area contributed by atoms with Crippen molar-refractivity contribution in [1.82, 2.24) is 9.62 Å². The molecule has 4 nitrogen and oxygen atoms in total. The Balaban J connectivity index is 2.40. The van der Waals surface area contributed by atoms with Crippen molar-refractivity contribution in [3.63, 3.8) is 0 Å². The average molecular weight is 248 g/mol. The first kappa shape index (κ1) is 13.9. The van der Waals surface area contributed by atoms with Crippen LogP contribution in [0.2, 0.25) is 0 Å². The van der Waals surface area contributed by atoms with Crippen LogP contribution in [-0.4, -0.2) is 45.2 Å². The van der Waals surface area contributed by atoms with E-state index >= 15 is 0 Å². The van der Waals surface area contributed by atoms with Crippen LogP contribution in [0.5, 0.6) is 0 Å². The number of nitrogens with one attached hydrogen (secondary N) is 1. The van der Waals surface area contributed by atoms with Crippen LogP contribution in [0.3, 0.4) is 0 Å². The maximum Gasteiger partial charge on any atom is 0.214 e. The summed E-state index contributed by atoms with van der Waals surface area (Å²) in [6.07, 6.45) is 2.65. The molecule has 16 heavy (non-hydrogen) atoms. The summed E-state index contributed by atoms with van der Waals surface area (Å²) in [6, 6.07) is 0. The standard InChI is InChI=1S/C11H24N2O2S/c1-11(2)6-8-13(10-11)16(14,15)9-5-4-7-12-3/h12H,4-10H2,1-3H3. The molecule has 96 valence electrons. The van der Waals surface area contributed by atoms with Gasteiger partial charge in [-0.2, -0.15) is 0 Å². The molecule has 1 N–H and O–H groups in total. The molecule has 0 atom stereocenters. The fourth-order valence-corrected chi connectivity index (χ4v) is 3.76. The molecule has 1 fully saturated rings. The summed E-state index contributed by atoms with van der Waals surface area (Å²) in [4.78, 5) is 0. The maximum absolute atomic E-state index is 12.0. The Kier molecular flexibility index (Phi) is 4.76. The predicted octanol–water partition coefficient (Wildman–Crippen LogP) is 1.05. The van der Waals surface area contributed by atoms with Crippen molar-refractivity contribution in [1.29, 1.82) is 0 Å². The second-order valence-electron chi connectivity index (χ2n) is 5.37. The number of sulfonamides is 1. The summed E-state index contributed by atoms with van der Waals surface area (Å²) < 4.78 is 25.6. The number of hydrogen-bond donors (Lipinski definition) is 1. The van der Waals surface area contributed by atoms with Crippen LogP contribution in [0.15, 0.2) is 0 Å². The van der Waals surface area contributed by atoms with Gasteiger partial charge in [-0.25, -0.2) is 12.7 Å². The zero-order valence-electron chi connectivity index (χ0n) is 10.6. The molecule has 0 bridgehead atoms. The van der Waals surface area contributed by atoms with Crippen LogP contribution < -0.4 is 5.32 Å². The molecule has 0 saturated carbocycles. The van der Waals surface area contributed by atoms with Crippen molar-refractivity contribution < 1.29 is 8.42 Å². The Morgan fingerprint density at radius 2 is 2.00 bits per heavy atom. The van der Waals surface area contributed by atoms with Gasteiger partial charge in [0.05, 0.1) is 5.75 Å². The van der Waals surface area contributed by atoms with E-state index in [9.17, 15) is 8.42 Å². The molecule has 0 radical (unpaired) electrons. The van der Waals surface area contributed by atoms with Crippen LogP contribution in [0, 0.1) is 5.41 Å². The summed E-state index contributed by atoms with van der Waals surface area (Å²) in [5.74, 6) is 0.296. The lowest BCUT2D eigenvalue weighted by molar-refractivity contribution is 0.375. The van der Waals surface area contributed by atoms with Crippen molar-refractivity contribution in [2.75, 3.05) is 32.4 Å². The van der Waals surface area contributed by atoms with Crippen molar-refractivity contribution >= 4 is 10.0 Å². The van der Waals surface area contributed by atoms with Crippen molar-refractivity contribution in [3.05, 3.63) is 0 Å². The van der Waals surface area contributed by atoms with Gasteiger partial charge < -0.3 is 5.32 Å². The largest absolute Gasteiger partial charge is 0.320 e. The molecule has 0 aromatic carbocycles. The monoisotopic (exact) mass is 248 g/mol. The van der Waals surface area contributed by atoms with Gasteiger partial charge in [-0.05, 0) is 38.3 Å². The summed E-state index contributed by atoms with van der Waals surface area (Å²) in [6.45, 7) is 6.52. The van der Waals surface area contributed by atoms with Crippen molar-refractivity contribution in [2.45, 2.75) is 33.1 Å². The molecule has 5 heteroatoms. The minimum Gasteiger partial charge on any atom is -0.320 e. The fraction of sp³-hybridized carbons (Fsp3) is 1.00. The summed E-state index contributed by atoms with van der Waals surface area (Å²) in [7, 11) is -1.12. The molecule has 0 aliphatic carbocycles. The Labute approximate surface area is 99.5 Å². The van der Waals surface area contributed by atoms with Gasteiger partial charge in [0.15, 0.2) is 0 Å². The lowest BCUT2D eigenvalue weighted by atomic mass is 9.93. The third-order valence-corrected chi connectivity index (χ3v) is 5.02. The third-order valence-electron chi connectivity index (χ3n) is 3.11. The molecule has 0 spiro atoms. The number of unbranched alkanes of at least 4 members (excludes halogenated alkanes) is 1. The quantitative estimate of drug-likeness (QED) is 0.715. The Hall–Kier alpha value is -0.130. The van der Waals surface area contributed by atoms with Crippen molar-refractivity contribution in [2.24, 2.45) is 5.41 Å². The summed E-state index contributed by atoms with van der Waals surface area (Å²) in [5, 5.41) is 3.03. The predicted molar refractivity (Wildman–Crippen MR) is 66.9 cm³/mol. The highest BCUT2D eigenvalue weighted by Crippen LogP contribution is 2.30. The van der Waals surface area contributed by atoms with E-state index in [1.807, 2.05) is 7.05 Å². The van der Waals surface area contributed by atoms with Gasteiger partial charge in [-0.1, -0.05) is 13.8 Å². The molecule has 1 aliphatic heterocycles. The lowest BCUT2D eigenvalue weighted by Gasteiger charge is -2.19. The number of rotatable bonds is 6. The molecule has 1 saturated heterocycles. The molecule has 1 heterocycles. The van der Waals surface area contributed by atoms with E-state index in [-0.39, 0.29) is 5.41 Å². The van der Waals surface area contributed by atoms with E-state index < -0.39 is 10.0 Å². The van der Waals surface area contributed by atoms with Crippen LogP contribution in [0.25, 0.3) is 0 Å². The zero-order chi connectivity index (χ0) is 12.2. The van der Waals surface area contributed by atoms with Gasteiger partial charge in [-0.3, -0.25) is 0 Å². The van der Waals surface area contributed by atoms with Crippen molar-refractivity contribution in [3.8, 4) is 0 Å². The first-order chi connectivity index (χ1) is 7.37. The number of nitrogens with zero attached hydrogens (tertiary/aromatic N) is 1. The number of hydrogen-bond acceptors (Lipinski definition) is 3. The van der Waals surface area contributed by atoms with Gasteiger partial charge in [0.25, 0.3) is 0 Å². The second-order valence-corrected chi connectivity index (χ2v) is 7.46. The highest BCUT2D eigenvalue weighted by atomic mass is 32.2. The first-order valence-electron chi connectivity index (χ1n) is 6.00. The summed E-state index contributed by atoms with van der Waals surface area (Å²) in [5.41, 5.74) is 0.151. The van der Waals surface area contributed by atoms with Gasteiger partial charge in [0.2, 0.25) is 10.0 Å². The molecule has 0 aromatic heterocycles. The van der Waals surface area contributed by atoms with E-state index in [2.05, 4.69) is 19.2 Å².